The SMILES string of the molecule is O=C1CCC(N2Cc3c(C#Cc4ccc(CO)cc4)cccc3C2=O)C(=O)N1. The zero-order valence-corrected chi connectivity index (χ0v) is 15.1. The molecule has 1 fully saturated rings. The van der Waals surface area contributed by atoms with Crippen molar-refractivity contribution in [3.05, 3.63) is 70.3 Å². The largest absolute Gasteiger partial charge is 0.392 e. The van der Waals surface area contributed by atoms with Gasteiger partial charge in [-0.3, -0.25) is 19.7 Å². The maximum absolute atomic E-state index is 12.8. The molecule has 2 aliphatic heterocycles. The van der Waals surface area contributed by atoms with Crippen molar-refractivity contribution in [2.45, 2.75) is 32.0 Å². The smallest absolute Gasteiger partial charge is 0.255 e. The lowest BCUT2D eigenvalue weighted by molar-refractivity contribution is -0.136. The van der Waals surface area contributed by atoms with Crippen LogP contribution in [-0.4, -0.2) is 33.8 Å². The molecule has 3 amide bonds. The average molecular weight is 374 g/mol. The lowest BCUT2D eigenvalue weighted by atomic mass is 10.0. The molecule has 0 aliphatic carbocycles. The summed E-state index contributed by atoms with van der Waals surface area (Å²) in [4.78, 5) is 37.9. The first-order valence-electron chi connectivity index (χ1n) is 9.05. The molecular formula is C22H18N2O4. The first-order valence-corrected chi connectivity index (χ1v) is 9.05. The van der Waals surface area contributed by atoms with Crippen LogP contribution in [0.4, 0.5) is 0 Å². The number of amides is 3. The molecule has 0 bridgehead atoms. The molecule has 1 saturated heterocycles. The fourth-order valence-corrected chi connectivity index (χ4v) is 3.54. The number of rotatable bonds is 2. The highest BCUT2D eigenvalue weighted by atomic mass is 16.3. The summed E-state index contributed by atoms with van der Waals surface area (Å²) in [6.45, 7) is 0.285. The second-order valence-electron chi connectivity index (χ2n) is 6.84. The van der Waals surface area contributed by atoms with Gasteiger partial charge in [-0.2, -0.15) is 0 Å². The maximum Gasteiger partial charge on any atom is 0.255 e. The van der Waals surface area contributed by atoms with E-state index in [2.05, 4.69) is 17.2 Å². The monoisotopic (exact) mass is 374 g/mol. The molecule has 0 aromatic heterocycles. The van der Waals surface area contributed by atoms with Crippen LogP contribution in [0.5, 0.6) is 0 Å². The van der Waals surface area contributed by atoms with Crippen molar-refractivity contribution in [2.75, 3.05) is 0 Å². The number of nitrogens with zero attached hydrogens (tertiary/aromatic N) is 1. The first kappa shape index (κ1) is 18.0. The molecule has 2 N–H and O–H groups in total. The summed E-state index contributed by atoms with van der Waals surface area (Å²) in [5.41, 5.74) is 3.72. The topological polar surface area (TPSA) is 86.7 Å². The van der Waals surface area contributed by atoms with Crippen LogP contribution in [0.1, 0.15) is 45.5 Å². The lowest BCUT2D eigenvalue weighted by Gasteiger charge is -2.29. The van der Waals surface area contributed by atoms with Crippen LogP contribution in [0.25, 0.3) is 0 Å². The summed E-state index contributed by atoms with van der Waals surface area (Å²) in [7, 11) is 0. The van der Waals surface area contributed by atoms with Crippen LogP contribution in [0.15, 0.2) is 42.5 Å². The molecule has 4 rings (SSSR count). The number of aliphatic hydroxyl groups is 1. The minimum absolute atomic E-state index is 0.0157. The molecular weight excluding hydrogens is 356 g/mol. The predicted molar refractivity (Wildman–Crippen MR) is 101 cm³/mol. The number of imide groups is 1. The van der Waals surface area contributed by atoms with Gasteiger partial charge in [0.2, 0.25) is 11.8 Å². The standard InChI is InChI=1S/C22H18N2O4/c25-13-15-6-4-14(5-7-15)8-9-16-2-1-3-17-18(16)12-24(22(17)28)19-10-11-20(26)23-21(19)27/h1-7,19,25H,10-13H2,(H,23,26,27). The van der Waals surface area contributed by atoms with E-state index in [0.717, 1.165) is 22.3 Å². The Bertz CT molecular complexity index is 1030. The molecule has 2 heterocycles. The number of carbonyl (C=O) groups excluding carboxylic acids is 3. The third-order valence-electron chi connectivity index (χ3n) is 5.06. The van der Waals surface area contributed by atoms with E-state index in [1.165, 1.54) is 4.90 Å². The number of carbonyl (C=O) groups is 3. The molecule has 0 spiro atoms. The molecule has 2 aromatic carbocycles. The van der Waals surface area contributed by atoms with Gasteiger partial charge in [0.15, 0.2) is 0 Å². The van der Waals surface area contributed by atoms with Gasteiger partial charge in [0, 0.05) is 29.7 Å². The van der Waals surface area contributed by atoms with Gasteiger partial charge >= 0.3 is 0 Å². The van der Waals surface area contributed by atoms with Gasteiger partial charge < -0.3 is 10.0 Å². The number of aliphatic hydroxyl groups excluding tert-OH is 1. The average Bonchev–Trinajstić information content (AvgIpc) is 3.04. The van der Waals surface area contributed by atoms with E-state index < -0.39 is 11.9 Å². The van der Waals surface area contributed by atoms with Crippen LogP contribution in [-0.2, 0) is 22.7 Å². The van der Waals surface area contributed by atoms with Crippen LogP contribution in [0.3, 0.4) is 0 Å². The van der Waals surface area contributed by atoms with Crippen molar-refractivity contribution in [2.24, 2.45) is 0 Å². The maximum atomic E-state index is 12.8. The molecule has 6 heteroatoms. The number of fused-ring (bicyclic) bond motifs is 1. The van der Waals surface area contributed by atoms with Crippen LogP contribution in [0, 0.1) is 11.8 Å². The van der Waals surface area contributed by atoms with Crippen molar-refractivity contribution in [3.8, 4) is 11.8 Å². The van der Waals surface area contributed by atoms with E-state index in [1.807, 2.05) is 30.3 Å². The van der Waals surface area contributed by atoms with Gasteiger partial charge in [0.25, 0.3) is 5.91 Å². The normalized spacial score (nSPS) is 18.4. The highest BCUT2D eigenvalue weighted by Gasteiger charge is 2.39. The van der Waals surface area contributed by atoms with E-state index in [1.54, 1.807) is 12.1 Å². The number of hydrogen-bond acceptors (Lipinski definition) is 4. The Kier molecular flexibility index (Phi) is 4.68. The molecule has 2 aliphatic rings. The fourth-order valence-electron chi connectivity index (χ4n) is 3.54. The lowest BCUT2D eigenvalue weighted by Crippen LogP contribution is -2.52. The van der Waals surface area contributed by atoms with Gasteiger partial charge in [0.1, 0.15) is 6.04 Å². The Morgan fingerprint density at radius 3 is 2.57 bits per heavy atom. The minimum Gasteiger partial charge on any atom is -0.392 e. The summed E-state index contributed by atoms with van der Waals surface area (Å²) in [6, 6.07) is 12.0. The second kappa shape index (κ2) is 7.29. The van der Waals surface area contributed by atoms with E-state index in [0.29, 0.717) is 18.5 Å². The van der Waals surface area contributed by atoms with Crippen LogP contribution >= 0.6 is 0 Å². The number of benzene rings is 2. The highest BCUT2D eigenvalue weighted by Crippen LogP contribution is 2.29. The summed E-state index contributed by atoms with van der Waals surface area (Å²) in [5.74, 6) is 5.26. The quantitative estimate of drug-likeness (QED) is 0.614. The van der Waals surface area contributed by atoms with Crippen molar-refractivity contribution in [1.82, 2.24) is 10.2 Å². The van der Waals surface area contributed by atoms with Gasteiger partial charge in [-0.25, -0.2) is 0 Å². The highest BCUT2D eigenvalue weighted by molar-refractivity contribution is 6.05. The molecule has 2 aromatic rings. The number of hydrogen-bond donors (Lipinski definition) is 2. The zero-order chi connectivity index (χ0) is 19.7. The fraction of sp³-hybridized carbons (Fsp3) is 0.227. The molecule has 1 unspecified atom stereocenters. The Balaban J connectivity index is 1.60. The number of piperidine rings is 1. The van der Waals surface area contributed by atoms with Crippen molar-refractivity contribution >= 4 is 17.7 Å². The van der Waals surface area contributed by atoms with Crippen LogP contribution < -0.4 is 5.32 Å². The Labute approximate surface area is 162 Å². The summed E-state index contributed by atoms with van der Waals surface area (Å²) >= 11 is 0. The van der Waals surface area contributed by atoms with Crippen molar-refractivity contribution in [3.63, 3.8) is 0 Å². The molecule has 0 radical (unpaired) electrons. The molecule has 28 heavy (non-hydrogen) atoms. The van der Waals surface area contributed by atoms with Crippen LogP contribution in [0.2, 0.25) is 0 Å². The first-order chi connectivity index (χ1) is 13.6. The Morgan fingerprint density at radius 1 is 1.07 bits per heavy atom. The van der Waals surface area contributed by atoms with Gasteiger partial charge in [-0.1, -0.05) is 30.0 Å². The van der Waals surface area contributed by atoms with Gasteiger partial charge in [-0.15, -0.1) is 0 Å². The molecule has 6 nitrogen and oxygen atoms in total. The Morgan fingerprint density at radius 2 is 1.86 bits per heavy atom. The number of nitrogens with one attached hydrogen (secondary N) is 1. The Hall–Kier alpha value is -3.43. The predicted octanol–water partition coefficient (Wildman–Crippen LogP) is 1.34. The summed E-state index contributed by atoms with van der Waals surface area (Å²) < 4.78 is 0. The minimum atomic E-state index is -0.635. The molecule has 0 saturated carbocycles. The third-order valence-corrected chi connectivity index (χ3v) is 5.06. The van der Waals surface area contributed by atoms with E-state index in [9.17, 15) is 14.4 Å². The van der Waals surface area contributed by atoms with E-state index in [-0.39, 0.29) is 24.8 Å². The molecule has 140 valence electrons. The third kappa shape index (κ3) is 3.28. The van der Waals surface area contributed by atoms with Crippen molar-refractivity contribution in [1.29, 1.82) is 0 Å². The second-order valence-corrected chi connectivity index (χ2v) is 6.84. The van der Waals surface area contributed by atoms with Gasteiger partial charge in [-0.05, 0) is 41.8 Å². The van der Waals surface area contributed by atoms with Crippen molar-refractivity contribution < 1.29 is 19.5 Å². The van der Waals surface area contributed by atoms with E-state index in [4.69, 9.17) is 5.11 Å². The summed E-state index contributed by atoms with van der Waals surface area (Å²) in [5, 5.41) is 11.4. The van der Waals surface area contributed by atoms with Gasteiger partial charge in [0.05, 0.1) is 6.61 Å². The summed E-state index contributed by atoms with van der Waals surface area (Å²) in [6.07, 6.45) is 0.565. The van der Waals surface area contributed by atoms with E-state index >= 15 is 0 Å². The molecule has 1 atom stereocenters. The zero-order valence-electron chi connectivity index (χ0n) is 15.1.